The Balaban J connectivity index is 1.93. The minimum absolute atomic E-state index is 0.477. The average Bonchev–Trinajstić information content (AvgIpc) is 3.18. The second-order valence-electron chi connectivity index (χ2n) is 5.12. The van der Waals surface area contributed by atoms with Crippen LogP contribution in [-0.4, -0.2) is 35.6 Å². The standard InChI is InChI=1S/C14H20N4/c1-10-6-12(8-15)7-14(17-10)16-9-11(2)18(3)13-4-5-13/h6-7,11,13H,4-5,9H2,1-3H3,(H,16,17). The van der Waals surface area contributed by atoms with E-state index in [-0.39, 0.29) is 0 Å². The molecule has 1 aliphatic rings. The summed E-state index contributed by atoms with van der Waals surface area (Å²) in [6.45, 7) is 4.98. The van der Waals surface area contributed by atoms with E-state index in [0.29, 0.717) is 11.6 Å². The van der Waals surface area contributed by atoms with Gasteiger partial charge in [-0.05, 0) is 45.9 Å². The van der Waals surface area contributed by atoms with Crippen LogP contribution in [0, 0.1) is 18.3 Å². The molecule has 2 rings (SSSR count). The van der Waals surface area contributed by atoms with Crippen molar-refractivity contribution in [2.45, 2.75) is 38.8 Å². The molecule has 0 radical (unpaired) electrons. The highest BCUT2D eigenvalue weighted by atomic mass is 15.2. The molecule has 1 saturated carbocycles. The van der Waals surface area contributed by atoms with Gasteiger partial charge in [0, 0.05) is 24.3 Å². The molecule has 1 heterocycles. The maximum absolute atomic E-state index is 8.92. The lowest BCUT2D eigenvalue weighted by Crippen LogP contribution is -2.36. The molecule has 1 N–H and O–H groups in total. The lowest BCUT2D eigenvalue weighted by Gasteiger charge is -2.24. The van der Waals surface area contributed by atoms with Gasteiger partial charge in [0.2, 0.25) is 0 Å². The number of nitrogens with zero attached hydrogens (tertiary/aromatic N) is 3. The van der Waals surface area contributed by atoms with Gasteiger partial charge in [0.25, 0.3) is 0 Å². The Hall–Kier alpha value is -1.60. The first-order chi connectivity index (χ1) is 8.60. The van der Waals surface area contributed by atoms with Gasteiger partial charge < -0.3 is 5.32 Å². The fourth-order valence-electron chi connectivity index (χ4n) is 2.06. The van der Waals surface area contributed by atoms with E-state index in [1.807, 2.05) is 6.92 Å². The molecule has 1 fully saturated rings. The van der Waals surface area contributed by atoms with Gasteiger partial charge in [-0.3, -0.25) is 4.90 Å². The van der Waals surface area contributed by atoms with Crippen LogP contribution in [0.4, 0.5) is 5.82 Å². The van der Waals surface area contributed by atoms with Crippen molar-refractivity contribution in [1.29, 1.82) is 5.26 Å². The van der Waals surface area contributed by atoms with Gasteiger partial charge in [0.05, 0.1) is 11.6 Å². The zero-order chi connectivity index (χ0) is 13.1. The third kappa shape index (κ3) is 3.21. The lowest BCUT2D eigenvalue weighted by molar-refractivity contribution is 0.257. The molecular weight excluding hydrogens is 224 g/mol. The van der Waals surface area contributed by atoms with Crippen molar-refractivity contribution < 1.29 is 0 Å². The number of hydrogen-bond acceptors (Lipinski definition) is 4. The number of aromatic nitrogens is 1. The normalized spacial score (nSPS) is 16.4. The summed E-state index contributed by atoms with van der Waals surface area (Å²) in [5.74, 6) is 0.794. The first-order valence-electron chi connectivity index (χ1n) is 6.44. The summed E-state index contributed by atoms with van der Waals surface area (Å²) in [7, 11) is 2.17. The van der Waals surface area contributed by atoms with Gasteiger partial charge in [-0.2, -0.15) is 5.26 Å². The molecule has 1 aromatic heterocycles. The minimum Gasteiger partial charge on any atom is -0.368 e. The summed E-state index contributed by atoms with van der Waals surface area (Å²) in [5, 5.41) is 12.2. The van der Waals surface area contributed by atoms with Crippen LogP contribution in [0.1, 0.15) is 31.0 Å². The van der Waals surface area contributed by atoms with Crippen LogP contribution in [-0.2, 0) is 0 Å². The SMILES string of the molecule is Cc1cc(C#N)cc(NCC(C)N(C)C2CC2)n1. The average molecular weight is 244 g/mol. The van der Waals surface area contributed by atoms with Crippen LogP contribution < -0.4 is 5.32 Å². The summed E-state index contributed by atoms with van der Waals surface area (Å²) in [4.78, 5) is 6.80. The lowest BCUT2D eigenvalue weighted by atomic mass is 10.2. The van der Waals surface area contributed by atoms with Crippen molar-refractivity contribution in [2.24, 2.45) is 0 Å². The summed E-state index contributed by atoms with van der Waals surface area (Å²) in [6.07, 6.45) is 2.64. The predicted molar refractivity (Wildman–Crippen MR) is 72.4 cm³/mol. The van der Waals surface area contributed by atoms with E-state index in [2.05, 4.69) is 35.2 Å². The monoisotopic (exact) mass is 244 g/mol. The summed E-state index contributed by atoms with van der Waals surface area (Å²) >= 11 is 0. The van der Waals surface area contributed by atoms with Crippen molar-refractivity contribution >= 4 is 5.82 Å². The number of aryl methyl sites for hydroxylation is 1. The predicted octanol–water partition coefficient (Wildman–Crippen LogP) is 2.16. The Bertz CT molecular complexity index is 459. The van der Waals surface area contributed by atoms with Gasteiger partial charge in [-0.25, -0.2) is 4.98 Å². The highest BCUT2D eigenvalue weighted by Crippen LogP contribution is 2.26. The molecular formula is C14H20N4. The maximum Gasteiger partial charge on any atom is 0.127 e. The Morgan fingerprint density at radius 2 is 2.28 bits per heavy atom. The molecule has 0 aromatic carbocycles. The third-order valence-electron chi connectivity index (χ3n) is 3.48. The van der Waals surface area contributed by atoms with E-state index < -0.39 is 0 Å². The molecule has 96 valence electrons. The second-order valence-corrected chi connectivity index (χ2v) is 5.12. The molecule has 1 unspecified atom stereocenters. The molecule has 0 amide bonds. The molecule has 4 nitrogen and oxygen atoms in total. The molecule has 1 aromatic rings. The second kappa shape index (κ2) is 5.36. The van der Waals surface area contributed by atoms with Crippen LogP contribution in [0.15, 0.2) is 12.1 Å². The summed E-state index contributed by atoms with van der Waals surface area (Å²) < 4.78 is 0. The van der Waals surface area contributed by atoms with E-state index in [0.717, 1.165) is 24.1 Å². The van der Waals surface area contributed by atoms with E-state index in [1.54, 1.807) is 12.1 Å². The maximum atomic E-state index is 8.92. The molecule has 0 saturated heterocycles. The molecule has 1 atom stereocenters. The van der Waals surface area contributed by atoms with E-state index in [4.69, 9.17) is 5.26 Å². The van der Waals surface area contributed by atoms with Crippen LogP contribution >= 0.6 is 0 Å². The summed E-state index contributed by atoms with van der Waals surface area (Å²) in [6, 6.07) is 7.00. The van der Waals surface area contributed by atoms with Crippen LogP contribution in [0.25, 0.3) is 0 Å². The molecule has 0 bridgehead atoms. The number of pyridine rings is 1. The van der Waals surface area contributed by atoms with Crippen molar-refractivity contribution in [1.82, 2.24) is 9.88 Å². The molecule has 1 aliphatic carbocycles. The largest absolute Gasteiger partial charge is 0.368 e. The topological polar surface area (TPSA) is 52.0 Å². The van der Waals surface area contributed by atoms with Crippen molar-refractivity contribution in [2.75, 3.05) is 18.9 Å². The Morgan fingerprint density at radius 1 is 1.56 bits per heavy atom. The third-order valence-corrected chi connectivity index (χ3v) is 3.48. The fraction of sp³-hybridized carbons (Fsp3) is 0.571. The van der Waals surface area contributed by atoms with Gasteiger partial charge in [0.1, 0.15) is 5.82 Å². The van der Waals surface area contributed by atoms with E-state index >= 15 is 0 Å². The fourth-order valence-corrected chi connectivity index (χ4v) is 2.06. The zero-order valence-corrected chi connectivity index (χ0v) is 11.3. The quantitative estimate of drug-likeness (QED) is 0.862. The number of likely N-dealkylation sites (N-methyl/N-ethyl adjacent to an activating group) is 1. The Labute approximate surface area is 109 Å². The number of anilines is 1. The van der Waals surface area contributed by atoms with Gasteiger partial charge in [0.15, 0.2) is 0 Å². The number of nitrogens with one attached hydrogen (secondary N) is 1. The first-order valence-corrected chi connectivity index (χ1v) is 6.44. The Morgan fingerprint density at radius 3 is 2.89 bits per heavy atom. The number of rotatable bonds is 5. The van der Waals surface area contributed by atoms with Crippen LogP contribution in [0.5, 0.6) is 0 Å². The smallest absolute Gasteiger partial charge is 0.127 e. The highest BCUT2D eigenvalue weighted by molar-refractivity contribution is 5.44. The highest BCUT2D eigenvalue weighted by Gasteiger charge is 2.28. The Kier molecular flexibility index (Phi) is 3.83. The van der Waals surface area contributed by atoms with E-state index in [9.17, 15) is 0 Å². The first kappa shape index (κ1) is 12.8. The van der Waals surface area contributed by atoms with Gasteiger partial charge in [-0.15, -0.1) is 0 Å². The van der Waals surface area contributed by atoms with Crippen molar-refractivity contribution in [3.05, 3.63) is 23.4 Å². The van der Waals surface area contributed by atoms with E-state index in [1.165, 1.54) is 12.8 Å². The minimum atomic E-state index is 0.477. The zero-order valence-electron chi connectivity index (χ0n) is 11.3. The van der Waals surface area contributed by atoms with Crippen molar-refractivity contribution in [3.8, 4) is 6.07 Å². The summed E-state index contributed by atoms with van der Waals surface area (Å²) in [5.41, 5.74) is 1.54. The van der Waals surface area contributed by atoms with Crippen molar-refractivity contribution in [3.63, 3.8) is 0 Å². The van der Waals surface area contributed by atoms with Gasteiger partial charge >= 0.3 is 0 Å². The van der Waals surface area contributed by atoms with Gasteiger partial charge in [-0.1, -0.05) is 0 Å². The molecule has 18 heavy (non-hydrogen) atoms. The molecule has 4 heteroatoms. The van der Waals surface area contributed by atoms with Crippen LogP contribution in [0.3, 0.4) is 0 Å². The molecule has 0 spiro atoms. The molecule has 0 aliphatic heterocycles. The van der Waals surface area contributed by atoms with Crippen LogP contribution in [0.2, 0.25) is 0 Å². The number of hydrogen-bond donors (Lipinski definition) is 1. The number of nitriles is 1.